The highest BCUT2D eigenvalue weighted by molar-refractivity contribution is 7.90. The van der Waals surface area contributed by atoms with Crippen molar-refractivity contribution in [2.75, 3.05) is 6.26 Å². The molecule has 0 radical (unpaired) electrons. The first kappa shape index (κ1) is 26.7. The van der Waals surface area contributed by atoms with Gasteiger partial charge in [-0.2, -0.15) is 0 Å². The quantitative estimate of drug-likeness (QED) is 0.308. The van der Waals surface area contributed by atoms with Gasteiger partial charge in [0.25, 0.3) is 5.91 Å². The maximum atomic E-state index is 13.4. The standard InChI is InChI=1S/C25H30BNO7S/c1-6-20-21(13-10-18-15-34-26(30)22(18)20)23(28)27-25(7-2,16(3)4)24(29)33-14-17-8-11-19(12-9-17)35(5,31)32/h7-13,16,30H,2,6,14-15H2,1,3-5H3,(H,27,28)/t25-/m1/s1. The van der Waals surface area contributed by atoms with E-state index in [-0.39, 0.29) is 18.1 Å². The van der Waals surface area contributed by atoms with Crippen molar-refractivity contribution >= 4 is 34.3 Å². The highest BCUT2D eigenvalue weighted by Gasteiger charge is 2.43. The Morgan fingerprint density at radius 1 is 1.26 bits per heavy atom. The molecule has 2 aromatic rings. The van der Waals surface area contributed by atoms with Crippen molar-refractivity contribution in [1.29, 1.82) is 0 Å². The van der Waals surface area contributed by atoms with Crippen LogP contribution in [-0.2, 0) is 43.7 Å². The molecule has 0 spiro atoms. The molecule has 2 N–H and O–H groups in total. The molecule has 35 heavy (non-hydrogen) atoms. The molecule has 0 aliphatic carbocycles. The molecule has 0 fully saturated rings. The van der Waals surface area contributed by atoms with Gasteiger partial charge in [0.15, 0.2) is 15.4 Å². The number of hydrogen-bond donors (Lipinski definition) is 2. The molecule has 0 bridgehead atoms. The summed E-state index contributed by atoms with van der Waals surface area (Å²) in [5.74, 6) is -1.57. The van der Waals surface area contributed by atoms with Crippen LogP contribution in [0.4, 0.5) is 0 Å². The zero-order valence-electron chi connectivity index (χ0n) is 20.3. The van der Waals surface area contributed by atoms with E-state index in [1.165, 1.54) is 18.2 Å². The second-order valence-corrected chi connectivity index (χ2v) is 10.9. The number of nitrogens with one attached hydrogen (secondary N) is 1. The van der Waals surface area contributed by atoms with E-state index in [9.17, 15) is 23.0 Å². The van der Waals surface area contributed by atoms with Crippen molar-refractivity contribution in [2.24, 2.45) is 5.92 Å². The fraction of sp³-hybridized carbons (Fsp3) is 0.360. The van der Waals surface area contributed by atoms with Gasteiger partial charge in [0.2, 0.25) is 0 Å². The van der Waals surface area contributed by atoms with E-state index >= 15 is 0 Å². The van der Waals surface area contributed by atoms with Crippen LogP contribution in [-0.4, -0.2) is 44.2 Å². The molecule has 1 amide bonds. The number of carbonyl (C=O) groups excluding carboxylic acids is 2. The van der Waals surface area contributed by atoms with Crippen LogP contribution in [0.1, 0.15) is 47.8 Å². The average molecular weight is 499 g/mol. The number of ether oxygens (including phenoxy) is 1. The molecule has 1 heterocycles. The summed E-state index contributed by atoms with van der Waals surface area (Å²) in [7, 11) is -4.43. The van der Waals surface area contributed by atoms with Crippen LogP contribution >= 0.6 is 0 Å². The molecule has 2 aromatic carbocycles. The van der Waals surface area contributed by atoms with Gasteiger partial charge in [0, 0.05) is 11.8 Å². The molecule has 0 saturated carbocycles. The Kier molecular flexibility index (Phi) is 7.88. The Balaban J connectivity index is 1.83. The van der Waals surface area contributed by atoms with Crippen molar-refractivity contribution < 1.29 is 32.4 Å². The third-order valence-electron chi connectivity index (χ3n) is 6.30. The van der Waals surface area contributed by atoms with E-state index in [0.29, 0.717) is 28.6 Å². The number of fused-ring (bicyclic) bond motifs is 1. The average Bonchev–Trinajstić information content (AvgIpc) is 3.20. The molecule has 1 aliphatic heterocycles. The van der Waals surface area contributed by atoms with Crippen molar-refractivity contribution in [3.63, 3.8) is 0 Å². The molecule has 8 nitrogen and oxygen atoms in total. The summed E-state index contributed by atoms with van der Waals surface area (Å²) in [6, 6.07) is 9.43. The first-order valence-electron chi connectivity index (χ1n) is 11.3. The monoisotopic (exact) mass is 499 g/mol. The fourth-order valence-corrected chi connectivity index (χ4v) is 4.78. The predicted octanol–water partition coefficient (Wildman–Crippen LogP) is 1.92. The zero-order chi connectivity index (χ0) is 26.0. The second kappa shape index (κ2) is 10.4. The third-order valence-corrected chi connectivity index (χ3v) is 7.43. The molecular formula is C25H30BNO7S. The van der Waals surface area contributed by atoms with Gasteiger partial charge in [-0.25, -0.2) is 13.2 Å². The fourth-order valence-electron chi connectivity index (χ4n) is 4.15. The van der Waals surface area contributed by atoms with Crippen LogP contribution in [0.2, 0.25) is 0 Å². The van der Waals surface area contributed by atoms with Gasteiger partial charge >= 0.3 is 13.1 Å². The molecule has 186 valence electrons. The SMILES string of the molecule is C=C[C@](NC(=O)c1ccc2c(c1CC)B(O)OC2)(C(=O)OCc1ccc(S(C)(=O)=O)cc1)C(C)C. The van der Waals surface area contributed by atoms with Crippen LogP contribution < -0.4 is 10.8 Å². The highest BCUT2D eigenvalue weighted by atomic mass is 32.2. The summed E-state index contributed by atoms with van der Waals surface area (Å²) < 4.78 is 34.1. The maximum Gasteiger partial charge on any atom is 0.492 e. The summed E-state index contributed by atoms with van der Waals surface area (Å²) in [4.78, 5) is 26.8. The van der Waals surface area contributed by atoms with Crippen molar-refractivity contribution in [3.05, 3.63) is 71.3 Å². The predicted molar refractivity (Wildman–Crippen MR) is 133 cm³/mol. The van der Waals surface area contributed by atoms with Gasteiger partial charge < -0.3 is 19.7 Å². The lowest BCUT2D eigenvalue weighted by Gasteiger charge is -2.33. The number of amides is 1. The largest absolute Gasteiger partial charge is 0.492 e. The van der Waals surface area contributed by atoms with E-state index in [1.807, 2.05) is 6.92 Å². The molecular weight excluding hydrogens is 469 g/mol. The van der Waals surface area contributed by atoms with Crippen LogP contribution in [0.3, 0.4) is 0 Å². The molecule has 1 aliphatic rings. The van der Waals surface area contributed by atoms with Crippen LogP contribution in [0.5, 0.6) is 0 Å². The van der Waals surface area contributed by atoms with Gasteiger partial charge in [-0.15, -0.1) is 6.58 Å². The minimum atomic E-state index is -3.33. The summed E-state index contributed by atoms with van der Waals surface area (Å²) in [6.45, 7) is 9.36. The Labute approximate surface area is 206 Å². The molecule has 3 rings (SSSR count). The van der Waals surface area contributed by atoms with Gasteiger partial charge in [0.1, 0.15) is 6.61 Å². The van der Waals surface area contributed by atoms with E-state index in [1.54, 1.807) is 38.1 Å². The first-order chi connectivity index (χ1) is 16.4. The minimum absolute atomic E-state index is 0.107. The third kappa shape index (κ3) is 5.34. The molecule has 10 heteroatoms. The van der Waals surface area contributed by atoms with Crippen molar-refractivity contribution in [3.8, 4) is 0 Å². The summed E-state index contributed by atoms with van der Waals surface area (Å²) in [5.41, 5.74) is 1.50. The van der Waals surface area contributed by atoms with Gasteiger partial charge in [0.05, 0.1) is 11.5 Å². The number of rotatable bonds is 9. The lowest BCUT2D eigenvalue weighted by Crippen LogP contribution is -2.57. The Hall–Kier alpha value is -2.95. The Morgan fingerprint density at radius 3 is 2.46 bits per heavy atom. The second-order valence-electron chi connectivity index (χ2n) is 8.86. The summed E-state index contributed by atoms with van der Waals surface area (Å²) >= 11 is 0. The summed E-state index contributed by atoms with van der Waals surface area (Å²) in [6.07, 6.45) is 2.97. The van der Waals surface area contributed by atoms with Gasteiger partial charge in [-0.1, -0.05) is 45.0 Å². The number of esters is 1. The summed E-state index contributed by atoms with van der Waals surface area (Å²) in [5, 5.41) is 13.0. The number of sulfone groups is 1. The maximum absolute atomic E-state index is 13.4. The topological polar surface area (TPSA) is 119 Å². The Bertz CT molecular complexity index is 1240. The van der Waals surface area contributed by atoms with E-state index in [0.717, 1.165) is 11.8 Å². The Morgan fingerprint density at radius 2 is 1.91 bits per heavy atom. The normalized spacial score (nSPS) is 14.9. The zero-order valence-corrected chi connectivity index (χ0v) is 21.1. The lowest BCUT2D eigenvalue weighted by atomic mass is 9.74. The van der Waals surface area contributed by atoms with Gasteiger partial charge in [-0.05, 0) is 52.7 Å². The smallest absolute Gasteiger partial charge is 0.459 e. The molecule has 0 unspecified atom stereocenters. The molecule has 0 aromatic heterocycles. The number of hydrogen-bond acceptors (Lipinski definition) is 7. The minimum Gasteiger partial charge on any atom is -0.459 e. The van der Waals surface area contributed by atoms with Gasteiger partial charge in [-0.3, -0.25) is 4.79 Å². The van der Waals surface area contributed by atoms with Crippen LogP contribution in [0, 0.1) is 5.92 Å². The van der Waals surface area contributed by atoms with Crippen molar-refractivity contribution in [2.45, 2.75) is 50.8 Å². The van der Waals surface area contributed by atoms with E-state index in [2.05, 4.69) is 11.9 Å². The first-order valence-corrected chi connectivity index (χ1v) is 13.2. The molecule has 1 atom stereocenters. The van der Waals surface area contributed by atoms with Crippen LogP contribution in [0.25, 0.3) is 0 Å². The van der Waals surface area contributed by atoms with E-state index in [4.69, 9.17) is 9.39 Å². The lowest BCUT2D eigenvalue weighted by molar-refractivity contribution is -0.152. The van der Waals surface area contributed by atoms with Crippen molar-refractivity contribution in [1.82, 2.24) is 5.32 Å². The number of benzene rings is 2. The number of carbonyl (C=O) groups is 2. The van der Waals surface area contributed by atoms with Crippen LogP contribution in [0.15, 0.2) is 53.9 Å². The molecule has 0 saturated heterocycles. The van der Waals surface area contributed by atoms with E-state index < -0.39 is 40.3 Å². The highest BCUT2D eigenvalue weighted by Crippen LogP contribution is 2.24.